The van der Waals surface area contributed by atoms with Crippen LogP contribution >= 0.6 is 11.3 Å². The molecule has 0 saturated heterocycles. The Morgan fingerprint density at radius 3 is 2.20 bits per heavy atom. The second-order valence-electron chi connectivity index (χ2n) is 14.8. The smallest absolute Gasteiger partial charge is 0 e. The summed E-state index contributed by atoms with van der Waals surface area (Å²) < 4.78 is 26.4. The van der Waals surface area contributed by atoms with Crippen molar-refractivity contribution in [1.82, 2.24) is 9.97 Å². The van der Waals surface area contributed by atoms with Gasteiger partial charge < -0.3 is 4.98 Å². The van der Waals surface area contributed by atoms with E-state index in [0.29, 0.717) is 5.56 Å². The normalized spacial score (nSPS) is 11.8. The largest absolute Gasteiger partial charge is 0 e. The maximum atomic E-state index is 14.1. The van der Waals surface area contributed by atoms with Gasteiger partial charge in [0.2, 0.25) is 0 Å². The number of nitrogens with zero attached hydrogens (tertiary/aromatic N) is 2. The van der Waals surface area contributed by atoms with E-state index in [9.17, 15) is 4.39 Å². The summed E-state index contributed by atoms with van der Waals surface area (Å²) in [4.78, 5) is 9.21. The summed E-state index contributed by atoms with van der Waals surface area (Å²) in [6, 6.07) is 44.8. The van der Waals surface area contributed by atoms with Gasteiger partial charge in [-0.3, -0.25) is 0 Å². The molecule has 5 aromatic carbocycles. The number of thiophene rings is 1. The fourth-order valence-corrected chi connectivity index (χ4v) is 10.1. The second kappa shape index (κ2) is 16.6. The maximum Gasteiger partial charge on any atom is 0 e. The van der Waals surface area contributed by atoms with Crippen molar-refractivity contribution >= 4 is 49.2 Å². The van der Waals surface area contributed by atoms with E-state index in [-0.39, 0.29) is 25.9 Å². The maximum absolute atomic E-state index is 14.1. The molecule has 0 aliphatic rings. The Labute approximate surface area is 340 Å². The number of aryl methyl sites for hydroxylation is 2. The van der Waals surface area contributed by atoms with Crippen LogP contribution in [-0.4, -0.2) is 23.2 Å². The number of benzene rings is 5. The third kappa shape index (κ3) is 8.51. The quantitative estimate of drug-likeness (QED) is 0.123. The van der Waals surface area contributed by atoms with Crippen LogP contribution in [0.4, 0.5) is 4.39 Å². The summed E-state index contributed by atoms with van der Waals surface area (Å²) in [5.41, 5.74) is 11.0. The molecule has 8 aromatic rings. The SMILES string of the molecule is [2H]C(C)(C)c1ccnc(-c2[c-]ccc3c2sc2cccc(-c4cc(C)cc(C)c4)c23)c1.[CH3][Ge]([CH3])([CH3])[c]1ccc(-c2[c-]cc(F)c(-c3ccccc3)c2)nc1.[Ir]. The molecule has 0 aliphatic carbocycles. The Bertz CT molecular complexity index is 2590. The molecule has 3 heterocycles. The Kier molecular flexibility index (Phi) is 11.7. The second-order valence-corrected chi connectivity index (χ2v) is 26.5. The van der Waals surface area contributed by atoms with Gasteiger partial charge in [0.1, 0.15) is 0 Å². The third-order valence-electron chi connectivity index (χ3n) is 9.47. The summed E-state index contributed by atoms with van der Waals surface area (Å²) in [5, 5.41) is 2.53. The molecule has 3 aromatic heterocycles. The Morgan fingerprint density at radius 1 is 0.759 bits per heavy atom. The van der Waals surface area contributed by atoms with Crippen LogP contribution in [0.1, 0.15) is 37.8 Å². The number of fused-ring (bicyclic) bond motifs is 3. The fourth-order valence-electron chi connectivity index (χ4n) is 6.69. The number of hydrogen-bond donors (Lipinski definition) is 0. The number of aromatic nitrogens is 2. The number of hydrogen-bond acceptors (Lipinski definition) is 3. The standard InChI is InChI=1S/C28H24NS.C20H19FGeN.Ir/c1-17(2)20-11-12-29-25(16-20)23-8-5-9-24-27-22(7-6-10-26(27)30-28(23)24)21-14-18(3)13-19(4)15-21;1-22(2,3)17-10-12-20(23-14-17)16-9-11-19(21)18(13-16)15-7-5-4-6-8-15;/h5-7,9-17H,1-4H3;4-8,10-14H,1-3H3;/q2*-1;/i17D;;. The molecule has 2 nitrogen and oxygen atoms in total. The van der Waals surface area contributed by atoms with Crippen LogP contribution in [0.3, 0.4) is 0 Å². The molecular weight excluding hydrogens is 920 g/mol. The zero-order valence-corrected chi connectivity index (χ0v) is 36.9. The van der Waals surface area contributed by atoms with Crippen molar-refractivity contribution in [3.8, 4) is 44.8 Å². The van der Waals surface area contributed by atoms with E-state index < -0.39 is 19.2 Å². The first-order valence-electron chi connectivity index (χ1n) is 18.4. The summed E-state index contributed by atoms with van der Waals surface area (Å²) in [7, 11) is 0. The molecule has 0 bridgehead atoms. The van der Waals surface area contributed by atoms with Gasteiger partial charge in [0.15, 0.2) is 0 Å². The van der Waals surface area contributed by atoms with E-state index in [2.05, 4.69) is 102 Å². The molecule has 0 unspecified atom stereocenters. The van der Waals surface area contributed by atoms with Crippen LogP contribution in [0.25, 0.3) is 64.9 Å². The van der Waals surface area contributed by atoms with E-state index in [1.165, 1.54) is 52.9 Å². The predicted molar refractivity (Wildman–Crippen MR) is 227 cm³/mol. The monoisotopic (exact) mass is 966 g/mol. The van der Waals surface area contributed by atoms with Crippen LogP contribution < -0.4 is 4.40 Å². The van der Waals surface area contributed by atoms with Gasteiger partial charge >= 0.3 is 139 Å². The molecule has 0 aliphatic heterocycles. The summed E-state index contributed by atoms with van der Waals surface area (Å²) in [6.07, 6.45) is 3.77. The molecule has 0 spiro atoms. The van der Waals surface area contributed by atoms with E-state index >= 15 is 0 Å². The van der Waals surface area contributed by atoms with Crippen molar-refractivity contribution in [3.05, 3.63) is 162 Å². The molecular formula is C48H43FGeIrN2S-2. The van der Waals surface area contributed by atoms with Gasteiger partial charge in [0, 0.05) is 32.4 Å². The topological polar surface area (TPSA) is 25.8 Å². The zero-order chi connectivity index (χ0) is 38.2. The van der Waals surface area contributed by atoms with Crippen molar-refractivity contribution in [1.29, 1.82) is 0 Å². The molecule has 0 saturated carbocycles. The molecule has 0 amide bonds. The molecule has 0 atom stereocenters. The Balaban J connectivity index is 0.000000192. The molecule has 0 N–H and O–H groups in total. The predicted octanol–water partition coefficient (Wildman–Crippen LogP) is 13.2. The van der Waals surface area contributed by atoms with Crippen LogP contribution in [-0.2, 0) is 20.1 Å². The first kappa shape index (κ1) is 38.0. The first-order chi connectivity index (χ1) is 25.8. The number of rotatable bonds is 6. The summed E-state index contributed by atoms with van der Waals surface area (Å²) in [6.45, 7) is 8.13. The van der Waals surface area contributed by atoms with Crippen molar-refractivity contribution < 1.29 is 25.9 Å². The molecule has 273 valence electrons. The van der Waals surface area contributed by atoms with Crippen LogP contribution in [0.15, 0.2) is 128 Å². The average molecular weight is 965 g/mol. The minimum Gasteiger partial charge on any atom is 0 e. The van der Waals surface area contributed by atoms with Crippen molar-refractivity contribution in [3.63, 3.8) is 0 Å². The van der Waals surface area contributed by atoms with E-state index in [4.69, 9.17) is 1.37 Å². The molecule has 0 fully saturated rings. The Hall–Kier alpha value is -4.26. The molecule has 54 heavy (non-hydrogen) atoms. The van der Waals surface area contributed by atoms with Crippen molar-refractivity contribution in [2.75, 3.05) is 0 Å². The Morgan fingerprint density at radius 2 is 1.52 bits per heavy atom. The van der Waals surface area contributed by atoms with Gasteiger partial charge in [-0.25, -0.2) is 0 Å². The van der Waals surface area contributed by atoms with Crippen LogP contribution in [0.2, 0.25) is 17.3 Å². The van der Waals surface area contributed by atoms with Gasteiger partial charge in [-0.2, -0.15) is 11.3 Å². The zero-order valence-electron chi connectivity index (χ0n) is 32.6. The van der Waals surface area contributed by atoms with Gasteiger partial charge in [-0.15, -0.1) is 23.8 Å². The van der Waals surface area contributed by atoms with Gasteiger partial charge in [-0.1, -0.05) is 72.3 Å². The van der Waals surface area contributed by atoms with Crippen molar-refractivity contribution in [2.24, 2.45) is 0 Å². The molecule has 1 radical (unpaired) electrons. The van der Waals surface area contributed by atoms with E-state index in [0.717, 1.165) is 33.6 Å². The molecule has 8 rings (SSSR count). The van der Waals surface area contributed by atoms with E-state index in [1.54, 1.807) is 11.3 Å². The first-order valence-corrected chi connectivity index (χ1v) is 26.1. The van der Waals surface area contributed by atoms with Gasteiger partial charge in [0.05, 0.1) is 0 Å². The van der Waals surface area contributed by atoms with Crippen molar-refractivity contribution in [2.45, 2.75) is 50.9 Å². The van der Waals surface area contributed by atoms with Gasteiger partial charge in [-0.05, 0) is 58.8 Å². The summed E-state index contributed by atoms with van der Waals surface area (Å²) in [5.74, 6) is 6.10. The number of halogens is 1. The summed E-state index contributed by atoms with van der Waals surface area (Å²) >= 11 is -0.0656. The average Bonchev–Trinajstić information content (AvgIpc) is 3.54. The van der Waals surface area contributed by atoms with Crippen LogP contribution in [0, 0.1) is 31.8 Å². The third-order valence-corrected chi connectivity index (χ3v) is 14.9. The minimum atomic E-state index is -1.86. The van der Waals surface area contributed by atoms with E-state index in [1.807, 2.05) is 86.9 Å². The minimum absolute atomic E-state index is 0. The number of pyridine rings is 2. The fraction of sp³-hybridized carbons (Fsp3) is 0.167. The van der Waals surface area contributed by atoms with Gasteiger partial charge in [0.25, 0.3) is 0 Å². The van der Waals surface area contributed by atoms with Crippen LogP contribution in [0.5, 0.6) is 0 Å². The molecule has 6 heteroatoms.